The highest BCUT2D eigenvalue weighted by molar-refractivity contribution is 7.13. The largest absolute Gasteiger partial charge is 0.497 e. The van der Waals surface area contributed by atoms with Gasteiger partial charge in [0.2, 0.25) is 5.13 Å². The van der Waals surface area contributed by atoms with E-state index in [2.05, 4.69) is 15.5 Å². The first-order valence-electron chi connectivity index (χ1n) is 6.78. The summed E-state index contributed by atoms with van der Waals surface area (Å²) >= 11 is 1.37. The van der Waals surface area contributed by atoms with E-state index in [0.29, 0.717) is 10.7 Å². The monoisotopic (exact) mass is 316 g/mol. The molecule has 0 atom stereocenters. The Kier molecular flexibility index (Phi) is 3.81. The molecule has 0 saturated carbocycles. The number of carbonyl (C=O) groups is 1. The fraction of sp³-hybridized carbons (Fsp3) is 0.267. The molecule has 0 radical (unpaired) electrons. The first kappa shape index (κ1) is 14.5. The van der Waals surface area contributed by atoms with Gasteiger partial charge in [0, 0.05) is 29.2 Å². The first-order valence-corrected chi connectivity index (χ1v) is 7.66. The van der Waals surface area contributed by atoms with E-state index in [1.165, 1.54) is 11.3 Å². The fourth-order valence-electron chi connectivity index (χ4n) is 2.52. The molecule has 22 heavy (non-hydrogen) atoms. The van der Waals surface area contributed by atoms with Gasteiger partial charge in [-0.3, -0.25) is 4.79 Å². The van der Waals surface area contributed by atoms with Crippen molar-refractivity contribution < 1.29 is 9.53 Å². The minimum absolute atomic E-state index is 0.0200. The smallest absolute Gasteiger partial charge is 0.205 e. The highest BCUT2D eigenvalue weighted by Crippen LogP contribution is 2.29. The highest BCUT2D eigenvalue weighted by atomic mass is 32.1. The van der Waals surface area contributed by atoms with Gasteiger partial charge >= 0.3 is 0 Å². The molecule has 0 fully saturated rings. The molecule has 114 valence electrons. The van der Waals surface area contributed by atoms with Gasteiger partial charge in [0.05, 0.1) is 13.7 Å². The molecule has 0 aliphatic carbocycles. The number of aromatic nitrogens is 3. The number of hydrogen-bond acceptors (Lipinski definition) is 6. The lowest BCUT2D eigenvalue weighted by atomic mass is 10.1. The molecule has 0 bridgehead atoms. The third kappa shape index (κ3) is 2.43. The van der Waals surface area contributed by atoms with E-state index < -0.39 is 0 Å². The number of benzene rings is 1. The summed E-state index contributed by atoms with van der Waals surface area (Å²) in [5.74, 6) is 0.760. The first-order chi connectivity index (χ1) is 10.6. The van der Waals surface area contributed by atoms with Crippen molar-refractivity contribution in [1.29, 1.82) is 0 Å². The van der Waals surface area contributed by atoms with Crippen molar-refractivity contribution >= 4 is 33.2 Å². The maximum atomic E-state index is 12.6. The Morgan fingerprint density at radius 2 is 2.27 bits per heavy atom. The van der Waals surface area contributed by atoms with Crippen LogP contribution in [0.2, 0.25) is 0 Å². The SMILES string of the molecule is COc1ccc2c(c1)c(C(=O)CNc1nncs1)c(C)n2C. The van der Waals surface area contributed by atoms with Crippen molar-refractivity contribution in [1.82, 2.24) is 14.8 Å². The average Bonchev–Trinajstić information content (AvgIpc) is 3.13. The molecule has 1 aromatic carbocycles. The van der Waals surface area contributed by atoms with Gasteiger partial charge in [0.25, 0.3) is 0 Å². The lowest BCUT2D eigenvalue weighted by molar-refractivity contribution is 0.101. The van der Waals surface area contributed by atoms with Crippen LogP contribution in [0.15, 0.2) is 23.7 Å². The number of anilines is 1. The van der Waals surface area contributed by atoms with Crippen LogP contribution in [0.25, 0.3) is 10.9 Å². The lowest BCUT2D eigenvalue weighted by Gasteiger charge is -2.03. The van der Waals surface area contributed by atoms with E-state index in [1.807, 2.05) is 36.7 Å². The molecule has 0 unspecified atom stereocenters. The maximum Gasteiger partial charge on any atom is 0.205 e. The Morgan fingerprint density at radius 3 is 2.95 bits per heavy atom. The number of ether oxygens (including phenoxy) is 1. The zero-order chi connectivity index (χ0) is 15.7. The van der Waals surface area contributed by atoms with Crippen molar-refractivity contribution in [3.63, 3.8) is 0 Å². The Bertz CT molecular complexity index is 824. The number of Topliss-reactive ketones (excluding diaryl/α,β-unsaturated/α-hetero) is 1. The second kappa shape index (κ2) is 5.76. The molecule has 0 aliphatic heterocycles. The molecule has 0 spiro atoms. The van der Waals surface area contributed by atoms with Crippen molar-refractivity contribution in [2.24, 2.45) is 7.05 Å². The number of nitrogens with one attached hydrogen (secondary N) is 1. The number of nitrogens with zero attached hydrogens (tertiary/aromatic N) is 3. The van der Waals surface area contributed by atoms with Crippen LogP contribution in [0.1, 0.15) is 16.1 Å². The van der Waals surface area contributed by atoms with Crippen LogP contribution >= 0.6 is 11.3 Å². The molecule has 0 amide bonds. The van der Waals surface area contributed by atoms with Gasteiger partial charge in [0.15, 0.2) is 5.78 Å². The number of carbonyl (C=O) groups excluding carboxylic acids is 1. The van der Waals surface area contributed by atoms with E-state index in [-0.39, 0.29) is 12.3 Å². The minimum atomic E-state index is 0.0200. The molecule has 6 nitrogen and oxygen atoms in total. The summed E-state index contributed by atoms with van der Waals surface area (Å²) in [6.45, 7) is 2.14. The highest BCUT2D eigenvalue weighted by Gasteiger charge is 2.19. The standard InChI is InChI=1S/C15H16N4O2S/c1-9-14(13(20)7-16-15-18-17-8-22-15)11-6-10(21-3)4-5-12(11)19(9)2/h4-6,8H,7H2,1-3H3,(H,16,18). The molecule has 0 saturated heterocycles. The van der Waals surface area contributed by atoms with Crippen LogP contribution in [-0.4, -0.2) is 34.2 Å². The quantitative estimate of drug-likeness (QED) is 0.733. The van der Waals surface area contributed by atoms with Crippen molar-refractivity contribution in [3.8, 4) is 5.75 Å². The number of hydrogen-bond donors (Lipinski definition) is 1. The van der Waals surface area contributed by atoms with Crippen molar-refractivity contribution in [3.05, 3.63) is 35.0 Å². The zero-order valence-corrected chi connectivity index (χ0v) is 13.4. The predicted molar refractivity (Wildman–Crippen MR) is 86.9 cm³/mol. The molecule has 0 aliphatic rings. The van der Waals surface area contributed by atoms with E-state index in [1.54, 1.807) is 12.6 Å². The van der Waals surface area contributed by atoms with Gasteiger partial charge in [-0.2, -0.15) is 0 Å². The van der Waals surface area contributed by atoms with Gasteiger partial charge in [-0.25, -0.2) is 0 Å². The predicted octanol–water partition coefficient (Wildman–Crippen LogP) is 2.64. The second-order valence-corrected chi connectivity index (χ2v) is 5.76. The third-order valence-corrected chi connectivity index (χ3v) is 4.39. The fourth-order valence-corrected chi connectivity index (χ4v) is 2.97. The van der Waals surface area contributed by atoms with Gasteiger partial charge in [0.1, 0.15) is 11.3 Å². The van der Waals surface area contributed by atoms with Gasteiger partial charge < -0.3 is 14.6 Å². The molecular formula is C15H16N4O2S. The number of rotatable bonds is 5. The van der Waals surface area contributed by atoms with Crippen LogP contribution in [0, 0.1) is 6.92 Å². The molecule has 3 aromatic rings. The summed E-state index contributed by atoms with van der Waals surface area (Å²) in [6, 6.07) is 5.77. The Morgan fingerprint density at radius 1 is 1.45 bits per heavy atom. The number of aryl methyl sites for hydroxylation is 1. The van der Waals surface area contributed by atoms with E-state index in [9.17, 15) is 4.79 Å². The summed E-state index contributed by atoms with van der Waals surface area (Å²) in [5.41, 5.74) is 4.29. The summed E-state index contributed by atoms with van der Waals surface area (Å²) in [5, 5.41) is 12.2. The molecule has 2 aromatic heterocycles. The molecule has 1 N–H and O–H groups in total. The molecule has 2 heterocycles. The van der Waals surface area contributed by atoms with Gasteiger partial charge in [-0.05, 0) is 25.1 Å². The van der Waals surface area contributed by atoms with E-state index in [4.69, 9.17) is 4.74 Å². The summed E-state index contributed by atoms with van der Waals surface area (Å²) < 4.78 is 7.29. The van der Waals surface area contributed by atoms with E-state index >= 15 is 0 Å². The van der Waals surface area contributed by atoms with Gasteiger partial charge in [-0.15, -0.1) is 10.2 Å². The lowest BCUT2D eigenvalue weighted by Crippen LogP contribution is -2.15. The summed E-state index contributed by atoms with van der Waals surface area (Å²) in [4.78, 5) is 12.6. The molecular weight excluding hydrogens is 300 g/mol. The van der Waals surface area contributed by atoms with Crippen LogP contribution in [0.5, 0.6) is 5.75 Å². The Balaban J connectivity index is 1.97. The van der Waals surface area contributed by atoms with Gasteiger partial charge in [-0.1, -0.05) is 11.3 Å². The number of methoxy groups -OCH3 is 1. The number of ketones is 1. The zero-order valence-electron chi connectivity index (χ0n) is 12.6. The number of fused-ring (bicyclic) bond motifs is 1. The van der Waals surface area contributed by atoms with Crippen LogP contribution < -0.4 is 10.1 Å². The molecule has 7 heteroatoms. The Labute approximate surface area is 131 Å². The topological polar surface area (TPSA) is 69.0 Å². The van der Waals surface area contributed by atoms with Crippen molar-refractivity contribution in [2.45, 2.75) is 6.92 Å². The van der Waals surface area contributed by atoms with Crippen LogP contribution in [0.3, 0.4) is 0 Å². The van der Waals surface area contributed by atoms with Crippen molar-refractivity contribution in [2.75, 3.05) is 19.0 Å². The second-order valence-electron chi connectivity index (χ2n) is 4.92. The van der Waals surface area contributed by atoms with E-state index in [0.717, 1.165) is 22.3 Å². The third-order valence-electron chi connectivity index (χ3n) is 3.74. The summed E-state index contributed by atoms with van der Waals surface area (Å²) in [6.07, 6.45) is 0. The summed E-state index contributed by atoms with van der Waals surface area (Å²) in [7, 11) is 3.58. The average molecular weight is 316 g/mol. The van der Waals surface area contributed by atoms with Crippen LogP contribution in [-0.2, 0) is 7.05 Å². The maximum absolute atomic E-state index is 12.6. The minimum Gasteiger partial charge on any atom is -0.497 e. The van der Waals surface area contributed by atoms with Crippen LogP contribution in [0.4, 0.5) is 5.13 Å². The normalized spacial score (nSPS) is 10.9. The Hall–Kier alpha value is -2.41. The molecule has 3 rings (SSSR count).